The van der Waals surface area contributed by atoms with E-state index in [9.17, 15) is 0 Å². The van der Waals surface area contributed by atoms with Crippen molar-refractivity contribution < 1.29 is 9.47 Å². The van der Waals surface area contributed by atoms with E-state index in [2.05, 4.69) is 45.3 Å². The van der Waals surface area contributed by atoms with Crippen molar-refractivity contribution in [1.29, 1.82) is 0 Å². The predicted octanol–water partition coefficient (Wildman–Crippen LogP) is 2.93. The van der Waals surface area contributed by atoms with Crippen molar-refractivity contribution in [3.8, 4) is 11.5 Å². The summed E-state index contributed by atoms with van der Waals surface area (Å²) in [7, 11) is 1.69. The van der Waals surface area contributed by atoms with Crippen molar-refractivity contribution in [1.82, 2.24) is 25.4 Å². The number of hydrogen-bond acceptors (Lipinski definition) is 5. The van der Waals surface area contributed by atoms with Crippen molar-refractivity contribution >= 4 is 5.96 Å². The maximum atomic E-state index is 6.32. The van der Waals surface area contributed by atoms with Crippen LogP contribution in [0, 0.1) is 0 Å². The van der Waals surface area contributed by atoms with Gasteiger partial charge in [0.05, 0.1) is 19.8 Å². The Hall–Kier alpha value is -2.77. The Kier molecular flexibility index (Phi) is 8.35. The Labute approximate surface area is 179 Å². The lowest BCUT2D eigenvalue weighted by atomic mass is 10.1. The molecule has 3 rings (SSSR count). The van der Waals surface area contributed by atoms with Crippen LogP contribution in [0.5, 0.6) is 11.5 Å². The highest BCUT2D eigenvalue weighted by Gasteiger charge is 2.20. The van der Waals surface area contributed by atoms with Gasteiger partial charge in [-0.25, -0.2) is 4.99 Å². The zero-order chi connectivity index (χ0) is 21.2. The Morgan fingerprint density at radius 2 is 2.07 bits per heavy atom. The van der Waals surface area contributed by atoms with Gasteiger partial charge in [0.1, 0.15) is 12.2 Å². The van der Waals surface area contributed by atoms with E-state index in [0.29, 0.717) is 6.54 Å². The highest BCUT2D eigenvalue weighted by Crippen LogP contribution is 2.35. The minimum atomic E-state index is 0.270. The molecule has 1 fully saturated rings. The third-order valence-electron chi connectivity index (χ3n) is 5.28. The molecular weight excluding hydrogens is 380 g/mol. The zero-order valence-corrected chi connectivity index (χ0v) is 18.4. The summed E-state index contributed by atoms with van der Waals surface area (Å²) in [5.74, 6) is 3.36. The van der Waals surface area contributed by atoms with Crippen molar-refractivity contribution in [2.75, 3.05) is 20.2 Å². The average molecular weight is 415 g/mol. The number of hydrogen-bond donors (Lipinski definition) is 2. The van der Waals surface area contributed by atoms with Crippen LogP contribution in [-0.2, 0) is 19.5 Å². The molecule has 8 heteroatoms. The van der Waals surface area contributed by atoms with Gasteiger partial charge in [-0.1, -0.05) is 19.1 Å². The number of nitrogens with zero attached hydrogens (tertiary/aromatic N) is 4. The fourth-order valence-corrected chi connectivity index (χ4v) is 3.69. The van der Waals surface area contributed by atoms with Crippen LogP contribution in [0.15, 0.2) is 29.5 Å². The molecule has 1 heterocycles. The number of aliphatic imine (C=N–C) groups is 1. The minimum absolute atomic E-state index is 0.270. The van der Waals surface area contributed by atoms with Crippen LogP contribution >= 0.6 is 0 Å². The molecule has 1 saturated carbocycles. The van der Waals surface area contributed by atoms with E-state index in [-0.39, 0.29) is 6.10 Å². The number of ether oxygens (including phenoxy) is 2. The first kappa shape index (κ1) is 21.9. The number of methoxy groups -OCH3 is 1. The molecule has 1 aliphatic carbocycles. The van der Waals surface area contributed by atoms with Crippen molar-refractivity contribution in [2.45, 2.75) is 65.1 Å². The van der Waals surface area contributed by atoms with Gasteiger partial charge in [-0.2, -0.15) is 0 Å². The van der Waals surface area contributed by atoms with Crippen LogP contribution in [0.1, 0.15) is 50.9 Å². The van der Waals surface area contributed by atoms with E-state index >= 15 is 0 Å². The molecule has 1 aromatic carbocycles. The zero-order valence-electron chi connectivity index (χ0n) is 18.4. The lowest BCUT2D eigenvalue weighted by Crippen LogP contribution is -2.39. The summed E-state index contributed by atoms with van der Waals surface area (Å²) < 4.78 is 13.9. The fraction of sp³-hybridized carbons (Fsp3) is 0.591. The van der Waals surface area contributed by atoms with Gasteiger partial charge in [-0.05, 0) is 38.7 Å². The molecule has 1 aromatic heterocycles. The minimum Gasteiger partial charge on any atom is -0.493 e. The summed E-state index contributed by atoms with van der Waals surface area (Å²) in [6, 6.07) is 6.00. The maximum absolute atomic E-state index is 6.32. The molecule has 0 amide bonds. The number of aryl methyl sites for hydroxylation is 1. The highest BCUT2D eigenvalue weighted by molar-refractivity contribution is 5.79. The Balaban J connectivity index is 1.66. The molecule has 0 spiro atoms. The maximum Gasteiger partial charge on any atom is 0.191 e. The summed E-state index contributed by atoms with van der Waals surface area (Å²) in [5, 5.41) is 14.8. The third kappa shape index (κ3) is 5.87. The molecule has 0 atom stereocenters. The third-order valence-corrected chi connectivity index (χ3v) is 5.28. The molecule has 0 bridgehead atoms. The molecule has 0 radical (unpaired) electrons. The fourth-order valence-electron chi connectivity index (χ4n) is 3.69. The van der Waals surface area contributed by atoms with Crippen LogP contribution in [0.3, 0.4) is 0 Å². The molecule has 30 heavy (non-hydrogen) atoms. The van der Waals surface area contributed by atoms with E-state index in [0.717, 1.165) is 67.7 Å². The van der Waals surface area contributed by atoms with Gasteiger partial charge >= 0.3 is 0 Å². The summed E-state index contributed by atoms with van der Waals surface area (Å²) in [6.45, 7) is 6.98. The topological polar surface area (TPSA) is 85.6 Å². The number of guanidine groups is 1. The van der Waals surface area contributed by atoms with Crippen molar-refractivity contribution in [3.63, 3.8) is 0 Å². The second-order valence-electron chi connectivity index (χ2n) is 7.39. The monoisotopic (exact) mass is 414 g/mol. The normalized spacial score (nSPS) is 14.7. The predicted molar refractivity (Wildman–Crippen MR) is 118 cm³/mol. The van der Waals surface area contributed by atoms with E-state index in [1.165, 1.54) is 12.8 Å². The molecule has 0 aliphatic heterocycles. The van der Waals surface area contributed by atoms with Crippen molar-refractivity contribution in [2.24, 2.45) is 4.99 Å². The van der Waals surface area contributed by atoms with E-state index in [1.807, 2.05) is 12.1 Å². The second kappa shape index (κ2) is 11.4. The summed E-state index contributed by atoms with van der Waals surface area (Å²) >= 11 is 0. The van der Waals surface area contributed by atoms with Gasteiger partial charge in [0.25, 0.3) is 0 Å². The summed E-state index contributed by atoms with van der Waals surface area (Å²) in [5.41, 5.74) is 1.03. The van der Waals surface area contributed by atoms with Crippen molar-refractivity contribution in [3.05, 3.63) is 35.9 Å². The van der Waals surface area contributed by atoms with Crippen LogP contribution in [0.2, 0.25) is 0 Å². The molecular formula is C22H34N6O2. The summed E-state index contributed by atoms with van der Waals surface area (Å²) in [4.78, 5) is 4.77. The van der Waals surface area contributed by atoms with Gasteiger partial charge in [0.15, 0.2) is 17.5 Å². The number of para-hydroxylation sites is 1. The quantitative estimate of drug-likeness (QED) is 0.459. The molecule has 2 aromatic rings. The van der Waals surface area contributed by atoms with Crippen LogP contribution in [0.25, 0.3) is 0 Å². The highest BCUT2D eigenvalue weighted by atomic mass is 16.5. The van der Waals surface area contributed by atoms with Crippen LogP contribution < -0.4 is 20.1 Å². The Morgan fingerprint density at radius 1 is 1.23 bits per heavy atom. The summed E-state index contributed by atoms with van der Waals surface area (Å²) in [6.07, 6.45) is 7.58. The molecule has 2 N–H and O–H groups in total. The first-order valence-electron chi connectivity index (χ1n) is 11.0. The first-order valence-corrected chi connectivity index (χ1v) is 11.0. The average Bonchev–Trinajstić information content (AvgIpc) is 3.44. The number of aromatic nitrogens is 3. The molecule has 164 valence electrons. The van der Waals surface area contributed by atoms with E-state index in [4.69, 9.17) is 14.5 Å². The van der Waals surface area contributed by atoms with E-state index in [1.54, 1.807) is 13.4 Å². The molecule has 1 aliphatic rings. The van der Waals surface area contributed by atoms with Gasteiger partial charge in [0, 0.05) is 31.6 Å². The number of rotatable bonds is 10. The van der Waals surface area contributed by atoms with Gasteiger partial charge in [-0.15, -0.1) is 10.2 Å². The number of benzene rings is 1. The van der Waals surface area contributed by atoms with Gasteiger partial charge in [0.2, 0.25) is 0 Å². The Morgan fingerprint density at radius 3 is 2.80 bits per heavy atom. The van der Waals surface area contributed by atoms with Crippen LogP contribution in [0.4, 0.5) is 0 Å². The molecule has 0 unspecified atom stereocenters. The lowest BCUT2D eigenvalue weighted by Gasteiger charge is -2.19. The van der Waals surface area contributed by atoms with E-state index < -0.39 is 0 Å². The molecule has 0 saturated heterocycles. The van der Waals surface area contributed by atoms with Crippen LogP contribution in [-0.4, -0.2) is 47.0 Å². The van der Waals surface area contributed by atoms with Gasteiger partial charge < -0.3 is 24.7 Å². The Bertz CT molecular complexity index is 814. The standard InChI is InChI=1S/C22H34N6O2/c1-4-20-27-26-16-28(20)14-13-24-22(23-5-2)25-15-17-9-8-12-19(29-3)21(17)30-18-10-6-7-11-18/h8-9,12,16,18H,4-7,10-11,13-15H2,1-3H3,(H2,23,24,25). The smallest absolute Gasteiger partial charge is 0.191 e. The number of nitrogens with one attached hydrogen (secondary N) is 2. The van der Waals surface area contributed by atoms with Gasteiger partial charge in [-0.3, -0.25) is 0 Å². The SMILES string of the molecule is CCNC(=NCc1cccc(OC)c1OC1CCCC1)NCCn1cnnc1CC. The molecule has 8 nitrogen and oxygen atoms in total. The lowest BCUT2D eigenvalue weighted by molar-refractivity contribution is 0.198. The largest absolute Gasteiger partial charge is 0.493 e. The second-order valence-corrected chi connectivity index (χ2v) is 7.39. The first-order chi connectivity index (χ1) is 14.7.